The first-order valence-corrected chi connectivity index (χ1v) is 7.26. The van der Waals surface area contributed by atoms with Gasteiger partial charge in [-0.05, 0) is 47.9 Å². The summed E-state index contributed by atoms with van der Waals surface area (Å²) < 4.78 is 20.2. The van der Waals surface area contributed by atoms with Gasteiger partial charge in [-0.1, -0.05) is 29.8 Å². The average Bonchev–Trinajstić information content (AvgIpc) is 2.42. The second-order valence-corrected chi connectivity index (χ2v) is 5.81. The van der Waals surface area contributed by atoms with Crippen molar-refractivity contribution in [2.45, 2.75) is 26.3 Å². The van der Waals surface area contributed by atoms with E-state index in [1.807, 2.05) is 18.2 Å². The van der Waals surface area contributed by atoms with Crippen LogP contribution in [0.1, 0.15) is 30.9 Å². The highest BCUT2D eigenvalue weighted by Gasteiger charge is 2.12. The van der Waals surface area contributed by atoms with E-state index in [1.54, 1.807) is 6.07 Å². The molecule has 0 saturated heterocycles. The zero-order valence-electron chi connectivity index (χ0n) is 11.5. The fraction of sp³-hybridized carbons (Fsp3) is 0.250. The second kappa shape index (κ2) is 6.37. The van der Waals surface area contributed by atoms with Crippen molar-refractivity contribution in [1.29, 1.82) is 0 Å². The number of ether oxygens (including phenoxy) is 1. The molecule has 0 bridgehead atoms. The molecule has 106 valence electrons. The van der Waals surface area contributed by atoms with Crippen molar-refractivity contribution in [3.8, 4) is 11.5 Å². The van der Waals surface area contributed by atoms with Crippen molar-refractivity contribution in [2.24, 2.45) is 5.73 Å². The molecule has 0 aliphatic heterocycles. The van der Waals surface area contributed by atoms with Gasteiger partial charge in [0.2, 0.25) is 0 Å². The highest BCUT2D eigenvalue weighted by Crippen LogP contribution is 2.34. The molecule has 0 fully saturated rings. The first-order chi connectivity index (χ1) is 9.51. The molecule has 20 heavy (non-hydrogen) atoms. The van der Waals surface area contributed by atoms with E-state index < -0.39 is 0 Å². The lowest BCUT2D eigenvalue weighted by Crippen LogP contribution is -2.01. The zero-order valence-corrected chi connectivity index (χ0v) is 13.1. The lowest BCUT2D eigenvalue weighted by atomic mass is 10.0. The highest BCUT2D eigenvalue weighted by molar-refractivity contribution is 9.10. The van der Waals surface area contributed by atoms with Gasteiger partial charge in [0.25, 0.3) is 0 Å². The molecule has 2 aromatic rings. The fourth-order valence-electron chi connectivity index (χ4n) is 1.99. The smallest absolute Gasteiger partial charge is 0.132 e. The maximum atomic E-state index is 13.2. The molecule has 2 nitrogen and oxygen atoms in total. The van der Waals surface area contributed by atoms with Gasteiger partial charge in [-0.3, -0.25) is 0 Å². The van der Waals surface area contributed by atoms with Crippen LogP contribution >= 0.6 is 15.9 Å². The molecular weight excluding hydrogens is 321 g/mol. The summed E-state index contributed by atoms with van der Waals surface area (Å²) in [7, 11) is 0. The van der Waals surface area contributed by atoms with Crippen LogP contribution in [0.5, 0.6) is 11.5 Å². The minimum Gasteiger partial charge on any atom is -0.457 e. The van der Waals surface area contributed by atoms with Crippen LogP contribution in [-0.4, -0.2) is 0 Å². The molecule has 4 heteroatoms. The van der Waals surface area contributed by atoms with Crippen LogP contribution in [-0.2, 0) is 6.54 Å². The molecule has 0 radical (unpaired) electrons. The summed E-state index contributed by atoms with van der Waals surface area (Å²) in [6.07, 6.45) is 0. The van der Waals surface area contributed by atoms with Gasteiger partial charge in [-0.15, -0.1) is 0 Å². The minimum atomic E-state index is -0.308. The second-order valence-electron chi connectivity index (χ2n) is 4.90. The molecule has 2 aromatic carbocycles. The van der Waals surface area contributed by atoms with E-state index in [2.05, 4.69) is 29.8 Å². The Bertz CT molecular complexity index is 613. The van der Waals surface area contributed by atoms with Gasteiger partial charge in [0.15, 0.2) is 0 Å². The maximum absolute atomic E-state index is 13.2. The standard InChI is InChI=1S/C16H17BrFNO/c1-10(2)14-8-12(17)3-5-16(14)20-15-6-4-13(18)7-11(15)9-19/h3-8,10H,9,19H2,1-2H3. The number of benzene rings is 2. The van der Waals surface area contributed by atoms with E-state index in [4.69, 9.17) is 10.5 Å². The molecule has 0 unspecified atom stereocenters. The van der Waals surface area contributed by atoms with E-state index in [0.29, 0.717) is 17.2 Å². The summed E-state index contributed by atoms with van der Waals surface area (Å²) in [4.78, 5) is 0. The Morgan fingerprint density at radius 1 is 1.15 bits per heavy atom. The number of hydrogen-bond donors (Lipinski definition) is 1. The third kappa shape index (κ3) is 3.38. The highest BCUT2D eigenvalue weighted by atomic mass is 79.9. The van der Waals surface area contributed by atoms with Gasteiger partial charge in [0.05, 0.1) is 0 Å². The summed E-state index contributed by atoms with van der Waals surface area (Å²) in [6.45, 7) is 4.44. The normalized spacial score (nSPS) is 10.9. The Morgan fingerprint density at radius 2 is 1.85 bits per heavy atom. The van der Waals surface area contributed by atoms with Crippen molar-refractivity contribution in [1.82, 2.24) is 0 Å². The van der Waals surface area contributed by atoms with Gasteiger partial charge < -0.3 is 10.5 Å². The van der Waals surface area contributed by atoms with Crippen LogP contribution in [0.3, 0.4) is 0 Å². The van der Waals surface area contributed by atoms with E-state index in [-0.39, 0.29) is 12.4 Å². The molecule has 0 spiro atoms. The summed E-state index contributed by atoms with van der Waals surface area (Å²) >= 11 is 3.46. The third-order valence-electron chi connectivity index (χ3n) is 3.06. The van der Waals surface area contributed by atoms with Gasteiger partial charge in [0, 0.05) is 16.6 Å². The third-order valence-corrected chi connectivity index (χ3v) is 3.55. The lowest BCUT2D eigenvalue weighted by molar-refractivity contribution is 0.465. The SMILES string of the molecule is CC(C)c1cc(Br)ccc1Oc1ccc(F)cc1CN. The van der Waals surface area contributed by atoms with Crippen molar-refractivity contribution < 1.29 is 9.13 Å². The summed E-state index contributed by atoms with van der Waals surface area (Å²) in [5, 5.41) is 0. The summed E-state index contributed by atoms with van der Waals surface area (Å²) in [5.41, 5.74) is 7.39. The number of halogens is 2. The summed E-state index contributed by atoms with van der Waals surface area (Å²) in [6, 6.07) is 10.3. The Balaban J connectivity index is 2.39. The monoisotopic (exact) mass is 337 g/mol. The van der Waals surface area contributed by atoms with Crippen LogP contribution in [0.4, 0.5) is 4.39 Å². The lowest BCUT2D eigenvalue weighted by Gasteiger charge is -2.16. The van der Waals surface area contributed by atoms with Crippen molar-refractivity contribution in [2.75, 3.05) is 0 Å². The van der Waals surface area contributed by atoms with Gasteiger partial charge >= 0.3 is 0 Å². The molecule has 2 rings (SSSR count). The molecule has 0 saturated carbocycles. The zero-order chi connectivity index (χ0) is 14.7. The Morgan fingerprint density at radius 3 is 2.50 bits per heavy atom. The van der Waals surface area contributed by atoms with E-state index in [1.165, 1.54) is 12.1 Å². The molecule has 0 aromatic heterocycles. The minimum absolute atomic E-state index is 0.237. The molecule has 0 aliphatic carbocycles. The molecule has 0 amide bonds. The van der Waals surface area contributed by atoms with E-state index in [9.17, 15) is 4.39 Å². The van der Waals surface area contributed by atoms with Gasteiger partial charge in [0.1, 0.15) is 17.3 Å². The topological polar surface area (TPSA) is 35.2 Å². The molecule has 0 aliphatic rings. The van der Waals surface area contributed by atoms with Crippen molar-refractivity contribution in [3.05, 3.63) is 57.8 Å². The predicted molar refractivity (Wildman–Crippen MR) is 82.6 cm³/mol. The first kappa shape index (κ1) is 15.0. The van der Waals surface area contributed by atoms with Crippen LogP contribution in [0.15, 0.2) is 40.9 Å². The number of hydrogen-bond acceptors (Lipinski definition) is 2. The van der Waals surface area contributed by atoms with Gasteiger partial charge in [-0.2, -0.15) is 0 Å². The first-order valence-electron chi connectivity index (χ1n) is 6.47. The van der Waals surface area contributed by atoms with Crippen LogP contribution in [0.2, 0.25) is 0 Å². The van der Waals surface area contributed by atoms with Crippen molar-refractivity contribution in [3.63, 3.8) is 0 Å². The van der Waals surface area contributed by atoms with Gasteiger partial charge in [-0.25, -0.2) is 4.39 Å². The van der Waals surface area contributed by atoms with Crippen LogP contribution < -0.4 is 10.5 Å². The maximum Gasteiger partial charge on any atom is 0.132 e. The Kier molecular flexibility index (Phi) is 4.78. The molecule has 0 atom stereocenters. The number of rotatable bonds is 4. The van der Waals surface area contributed by atoms with Crippen molar-refractivity contribution >= 4 is 15.9 Å². The Labute approximate surface area is 126 Å². The number of nitrogens with two attached hydrogens (primary N) is 1. The largest absolute Gasteiger partial charge is 0.457 e. The van der Waals surface area contributed by atoms with E-state index in [0.717, 1.165) is 15.8 Å². The quantitative estimate of drug-likeness (QED) is 0.855. The average molecular weight is 338 g/mol. The predicted octanol–water partition coefficient (Wildman–Crippen LogP) is 4.96. The van der Waals surface area contributed by atoms with Crippen LogP contribution in [0, 0.1) is 5.82 Å². The summed E-state index contributed by atoms with van der Waals surface area (Å²) in [5.74, 6) is 1.38. The molecule has 2 N–H and O–H groups in total. The Hall–Kier alpha value is -1.39. The molecular formula is C16H17BrFNO. The van der Waals surface area contributed by atoms with E-state index >= 15 is 0 Å². The van der Waals surface area contributed by atoms with Crippen LogP contribution in [0.25, 0.3) is 0 Å². The fourth-order valence-corrected chi connectivity index (χ4v) is 2.37. The molecule has 0 heterocycles.